The Morgan fingerprint density at radius 2 is 2.30 bits per heavy atom. The number of pyridine rings is 1. The quantitative estimate of drug-likeness (QED) is 0.663. The van der Waals surface area contributed by atoms with E-state index in [1.165, 1.54) is 10.9 Å². The van der Waals surface area contributed by atoms with Crippen molar-refractivity contribution in [2.75, 3.05) is 31.1 Å². The molecule has 3 N–H and O–H groups in total. The number of H-pyrrole nitrogens is 1. The molecule has 2 aromatic heterocycles. The summed E-state index contributed by atoms with van der Waals surface area (Å²) in [5, 5.41) is 1.18. The van der Waals surface area contributed by atoms with Crippen LogP contribution in [0.5, 0.6) is 0 Å². The Morgan fingerprint density at radius 1 is 1.45 bits per heavy atom. The molecule has 20 heavy (non-hydrogen) atoms. The SMILES string of the molecule is NC(=NCCc1c[nH]c2ncccc12)N1CCSCC1. The first kappa shape index (κ1) is 13.3. The molecule has 0 saturated carbocycles. The summed E-state index contributed by atoms with van der Waals surface area (Å²) in [6, 6.07) is 4.05. The second-order valence-electron chi connectivity index (χ2n) is 4.80. The van der Waals surface area contributed by atoms with Gasteiger partial charge in [0.15, 0.2) is 5.96 Å². The molecular weight excluding hydrogens is 270 g/mol. The molecule has 5 nitrogen and oxygen atoms in total. The number of guanidine groups is 1. The summed E-state index contributed by atoms with van der Waals surface area (Å²) in [6.07, 6.45) is 4.70. The van der Waals surface area contributed by atoms with E-state index in [1.54, 1.807) is 6.20 Å². The van der Waals surface area contributed by atoms with Crippen molar-refractivity contribution in [1.82, 2.24) is 14.9 Å². The third-order valence-corrected chi connectivity index (χ3v) is 4.47. The van der Waals surface area contributed by atoms with E-state index in [-0.39, 0.29) is 0 Å². The van der Waals surface area contributed by atoms with Crippen molar-refractivity contribution in [2.24, 2.45) is 10.7 Å². The molecule has 0 aliphatic carbocycles. The van der Waals surface area contributed by atoms with E-state index in [0.29, 0.717) is 5.96 Å². The van der Waals surface area contributed by atoms with Gasteiger partial charge in [0.2, 0.25) is 0 Å². The Morgan fingerprint density at radius 3 is 3.15 bits per heavy atom. The standard InChI is InChI=1S/C14H19N5S/c15-14(19-6-8-20-9-7-19)17-5-3-11-10-18-13-12(11)2-1-4-16-13/h1-2,4,10H,3,5-9H2,(H2,15,17)(H,16,18). The summed E-state index contributed by atoms with van der Waals surface area (Å²) in [5.74, 6) is 2.97. The second kappa shape index (κ2) is 6.17. The summed E-state index contributed by atoms with van der Waals surface area (Å²) in [7, 11) is 0. The van der Waals surface area contributed by atoms with Crippen molar-refractivity contribution in [3.05, 3.63) is 30.1 Å². The van der Waals surface area contributed by atoms with E-state index >= 15 is 0 Å². The number of rotatable bonds is 3. The lowest BCUT2D eigenvalue weighted by molar-refractivity contribution is 0.456. The van der Waals surface area contributed by atoms with Crippen LogP contribution in [0.25, 0.3) is 11.0 Å². The van der Waals surface area contributed by atoms with Crippen LogP contribution in [-0.4, -0.2) is 52.0 Å². The molecule has 3 heterocycles. The smallest absolute Gasteiger partial charge is 0.191 e. The highest BCUT2D eigenvalue weighted by molar-refractivity contribution is 7.99. The summed E-state index contributed by atoms with van der Waals surface area (Å²) in [6.45, 7) is 2.74. The van der Waals surface area contributed by atoms with Crippen molar-refractivity contribution in [3.8, 4) is 0 Å². The van der Waals surface area contributed by atoms with E-state index in [1.807, 2.05) is 24.0 Å². The highest BCUT2D eigenvalue weighted by Crippen LogP contribution is 2.16. The maximum atomic E-state index is 6.05. The van der Waals surface area contributed by atoms with E-state index in [4.69, 9.17) is 5.73 Å². The number of aromatic amines is 1. The summed E-state index contributed by atoms with van der Waals surface area (Å²) in [5.41, 5.74) is 8.23. The topological polar surface area (TPSA) is 70.3 Å². The average Bonchev–Trinajstić information content (AvgIpc) is 2.92. The van der Waals surface area contributed by atoms with Crippen LogP contribution in [0.2, 0.25) is 0 Å². The Balaban J connectivity index is 1.61. The van der Waals surface area contributed by atoms with Crippen molar-refractivity contribution in [3.63, 3.8) is 0 Å². The largest absolute Gasteiger partial charge is 0.370 e. The van der Waals surface area contributed by atoms with Gasteiger partial charge in [-0.05, 0) is 24.1 Å². The molecule has 6 heteroatoms. The van der Waals surface area contributed by atoms with Gasteiger partial charge in [0.1, 0.15) is 5.65 Å². The molecule has 0 radical (unpaired) electrons. The van der Waals surface area contributed by atoms with Gasteiger partial charge in [-0.3, -0.25) is 4.99 Å². The number of aliphatic imine (C=N–C) groups is 1. The lowest BCUT2D eigenvalue weighted by Crippen LogP contribution is -2.42. The van der Waals surface area contributed by atoms with Crippen molar-refractivity contribution in [1.29, 1.82) is 0 Å². The van der Waals surface area contributed by atoms with Gasteiger partial charge in [-0.1, -0.05) is 0 Å². The highest BCUT2D eigenvalue weighted by Gasteiger charge is 2.12. The van der Waals surface area contributed by atoms with Gasteiger partial charge in [0.25, 0.3) is 0 Å². The second-order valence-corrected chi connectivity index (χ2v) is 6.03. The van der Waals surface area contributed by atoms with Gasteiger partial charge in [-0.15, -0.1) is 0 Å². The van der Waals surface area contributed by atoms with Gasteiger partial charge in [0.05, 0.1) is 0 Å². The van der Waals surface area contributed by atoms with Crippen LogP contribution in [0.15, 0.2) is 29.5 Å². The third kappa shape index (κ3) is 2.90. The number of nitrogens with one attached hydrogen (secondary N) is 1. The molecule has 106 valence electrons. The predicted molar refractivity (Wildman–Crippen MR) is 85.2 cm³/mol. The van der Waals surface area contributed by atoms with Crippen molar-refractivity contribution < 1.29 is 0 Å². The van der Waals surface area contributed by atoms with E-state index in [2.05, 4.69) is 25.9 Å². The predicted octanol–water partition coefficient (Wildman–Crippen LogP) is 1.47. The minimum absolute atomic E-state index is 0.684. The fourth-order valence-corrected chi connectivity index (χ4v) is 3.31. The van der Waals surface area contributed by atoms with Gasteiger partial charge < -0.3 is 15.6 Å². The zero-order valence-electron chi connectivity index (χ0n) is 11.4. The van der Waals surface area contributed by atoms with E-state index in [0.717, 1.165) is 43.2 Å². The lowest BCUT2D eigenvalue weighted by atomic mass is 10.1. The first-order chi connectivity index (χ1) is 9.84. The molecule has 0 unspecified atom stereocenters. The monoisotopic (exact) mass is 289 g/mol. The van der Waals surface area contributed by atoms with Gasteiger partial charge in [0, 0.05) is 48.9 Å². The maximum Gasteiger partial charge on any atom is 0.191 e. The summed E-state index contributed by atoms with van der Waals surface area (Å²) < 4.78 is 0. The van der Waals surface area contributed by atoms with Crippen molar-refractivity contribution in [2.45, 2.75) is 6.42 Å². The number of nitrogens with zero attached hydrogens (tertiary/aromatic N) is 3. The molecule has 0 aromatic carbocycles. The zero-order valence-corrected chi connectivity index (χ0v) is 12.2. The van der Waals surface area contributed by atoms with Crippen molar-refractivity contribution >= 4 is 28.8 Å². The van der Waals surface area contributed by atoms with E-state index < -0.39 is 0 Å². The van der Waals surface area contributed by atoms with Gasteiger partial charge >= 0.3 is 0 Å². The van der Waals surface area contributed by atoms with Crippen LogP contribution in [-0.2, 0) is 6.42 Å². The van der Waals surface area contributed by atoms with Crippen LogP contribution < -0.4 is 5.73 Å². The number of aromatic nitrogens is 2. The Labute approximate surface area is 122 Å². The Hall–Kier alpha value is -1.69. The van der Waals surface area contributed by atoms with Gasteiger partial charge in [-0.2, -0.15) is 11.8 Å². The van der Waals surface area contributed by atoms with Crippen LogP contribution in [0, 0.1) is 0 Å². The number of thioether (sulfide) groups is 1. The normalized spacial score (nSPS) is 16.8. The molecule has 1 saturated heterocycles. The lowest BCUT2D eigenvalue weighted by Gasteiger charge is -2.27. The zero-order chi connectivity index (χ0) is 13.8. The minimum Gasteiger partial charge on any atom is -0.370 e. The van der Waals surface area contributed by atoms with Crippen LogP contribution in [0.3, 0.4) is 0 Å². The first-order valence-electron chi connectivity index (χ1n) is 6.88. The Bertz CT molecular complexity index is 600. The fraction of sp³-hybridized carbons (Fsp3) is 0.429. The van der Waals surface area contributed by atoms with Crippen LogP contribution >= 0.6 is 11.8 Å². The molecule has 1 aliphatic rings. The minimum atomic E-state index is 0.684. The molecule has 0 bridgehead atoms. The maximum absolute atomic E-state index is 6.05. The molecule has 2 aromatic rings. The van der Waals surface area contributed by atoms with Gasteiger partial charge in [-0.25, -0.2) is 4.98 Å². The fourth-order valence-electron chi connectivity index (χ4n) is 2.40. The molecule has 0 atom stereocenters. The first-order valence-corrected chi connectivity index (χ1v) is 8.03. The van der Waals surface area contributed by atoms with Crippen LogP contribution in [0.1, 0.15) is 5.56 Å². The van der Waals surface area contributed by atoms with Crippen LogP contribution in [0.4, 0.5) is 0 Å². The molecule has 0 spiro atoms. The molecule has 1 fully saturated rings. The number of hydrogen-bond acceptors (Lipinski definition) is 3. The molecule has 1 aliphatic heterocycles. The third-order valence-electron chi connectivity index (χ3n) is 3.53. The van der Waals surface area contributed by atoms with E-state index in [9.17, 15) is 0 Å². The number of nitrogens with two attached hydrogens (primary N) is 1. The summed E-state index contributed by atoms with van der Waals surface area (Å²) >= 11 is 1.98. The Kier molecular flexibility index (Phi) is 4.11. The molecular formula is C14H19N5S. The average molecular weight is 289 g/mol. The number of hydrogen-bond donors (Lipinski definition) is 2. The molecule has 3 rings (SSSR count). The molecule has 0 amide bonds. The summed E-state index contributed by atoms with van der Waals surface area (Å²) in [4.78, 5) is 14.2. The number of fused-ring (bicyclic) bond motifs is 1. The highest BCUT2D eigenvalue weighted by atomic mass is 32.2.